The zero-order valence-electron chi connectivity index (χ0n) is 14.5. The third-order valence-electron chi connectivity index (χ3n) is 4.49. The van der Waals surface area contributed by atoms with Gasteiger partial charge in [0.1, 0.15) is 5.82 Å². The summed E-state index contributed by atoms with van der Waals surface area (Å²) >= 11 is 0. The van der Waals surface area contributed by atoms with Crippen LogP contribution in [0.2, 0.25) is 0 Å². The highest BCUT2D eigenvalue weighted by atomic mass is 19.1. The first kappa shape index (κ1) is 17.7. The largest absolute Gasteiger partial charge is 0.504 e. The van der Waals surface area contributed by atoms with Crippen LogP contribution in [-0.4, -0.2) is 36.4 Å². The number of phenols is 1. The van der Waals surface area contributed by atoms with Gasteiger partial charge in [0.05, 0.1) is 13.2 Å². The molecule has 2 aromatic rings. The van der Waals surface area contributed by atoms with Gasteiger partial charge in [-0.05, 0) is 36.6 Å². The van der Waals surface area contributed by atoms with E-state index in [0.717, 1.165) is 31.6 Å². The van der Waals surface area contributed by atoms with E-state index in [1.165, 1.54) is 13.2 Å². The Morgan fingerprint density at radius 3 is 2.80 bits per heavy atom. The SMILES string of the molecule is COc1cc(CN(Cc2ccccc2F)CC2CCCO2)ccc1O. The van der Waals surface area contributed by atoms with Crippen molar-refractivity contribution in [3.63, 3.8) is 0 Å². The minimum atomic E-state index is -0.192. The number of methoxy groups -OCH3 is 1. The van der Waals surface area contributed by atoms with Crippen LogP contribution >= 0.6 is 0 Å². The van der Waals surface area contributed by atoms with Crippen molar-refractivity contribution >= 4 is 0 Å². The van der Waals surface area contributed by atoms with Crippen LogP contribution in [0.1, 0.15) is 24.0 Å². The number of phenolic OH excluding ortho intramolecular Hbond substituents is 1. The first-order valence-corrected chi connectivity index (χ1v) is 8.59. The molecule has 0 saturated carbocycles. The number of rotatable bonds is 7. The van der Waals surface area contributed by atoms with Crippen molar-refractivity contribution < 1.29 is 19.0 Å². The van der Waals surface area contributed by atoms with Gasteiger partial charge in [0.2, 0.25) is 0 Å². The molecule has 1 fully saturated rings. The molecule has 1 unspecified atom stereocenters. The molecule has 0 bridgehead atoms. The molecule has 1 aliphatic rings. The van der Waals surface area contributed by atoms with Crippen LogP contribution in [0.3, 0.4) is 0 Å². The summed E-state index contributed by atoms with van der Waals surface area (Å²) in [5.74, 6) is 0.370. The minimum Gasteiger partial charge on any atom is -0.504 e. The molecular formula is C20H24FNO3. The van der Waals surface area contributed by atoms with Crippen LogP contribution in [0.15, 0.2) is 42.5 Å². The second-order valence-electron chi connectivity index (χ2n) is 6.40. The molecular weight excluding hydrogens is 321 g/mol. The van der Waals surface area contributed by atoms with Crippen molar-refractivity contribution in [2.45, 2.75) is 32.0 Å². The van der Waals surface area contributed by atoms with Crippen LogP contribution in [0.25, 0.3) is 0 Å². The van der Waals surface area contributed by atoms with Crippen molar-refractivity contribution in [1.82, 2.24) is 4.90 Å². The van der Waals surface area contributed by atoms with Gasteiger partial charge in [-0.25, -0.2) is 4.39 Å². The first-order valence-electron chi connectivity index (χ1n) is 8.59. The number of benzene rings is 2. The van der Waals surface area contributed by atoms with E-state index < -0.39 is 0 Å². The lowest BCUT2D eigenvalue weighted by Crippen LogP contribution is -2.31. The maximum atomic E-state index is 14.1. The molecule has 1 atom stereocenters. The molecule has 1 heterocycles. The van der Waals surface area contributed by atoms with Gasteiger partial charge in [-0.3, -0.25) is 4.90 Å². The Bertz CT molecular complexity index is 701. The zero-order valence-corrected chi connectivity index (χ0v) is 14.5. The summed E-state index contributed by atoms with van der Waals surface area (Å²) in [5.41, 5.74) is 1.68. The van der Waals surface area contributed by atoms with Crippen molar-refractivity contribution in [3.8, 4) is 11.5 Å². The monoisotopic (exact) mass is 345 g/mol. The molecule has 2 aromatic carbocycles. The number of hydrogen-bond acceptors (Lipinski definition) is 4. The Morgan fingerprint density at radius 1 is 1.24 bits per heavy atom. The summed E-state index contributed by atoms with van der Waals surface area (Å²) in [4.78, 5) is 2.18. The quantitative estimate of drug-likeness (QED) is 0.830. The second kappa shape index (κ2) is 8.32. The molecule has 0 amide bonds. The molecule has 4 nitrogen and oxygen atoms in total. The van der Waals surface area contributed by atoms with Gasteiger partial charge >= 0.3 is 0 Å². The fraction of sp³-hybridized carbons (Fsp3) is 0.400. The molecule has 1 N–H and O–H groups in total. The molecule has 1 aliphatic heterocycles. The van der Waals surface area contributed by atoms with E-state index in [-0.39, 0.29) is 17.7 Å². The maximum Gasteiger partial charge on any atom is 0.160 e. The smallest absolute Gasteiger partial charge is 0.160 e. The fourth-order valence-corrected chi connectivity index (χ4v) is 3.21. The van der Waals surface area contributed by atoms with Gasteiger partial charge in [0, 0.05) is 31.8 Å². The second-order valence-corrected chi connectivity index (χ2v) is 6.40. The Hall–Kier alpha value is -2.11. The van der Waals surface area contributed by atoms with Crippen LogP contribution in [0.4, 0.5) is 4.39 Å². The van der Waals surface area contributed by atoms with E-state index in [2.05, 4.69) is 4.90 Å². The number of hydrogen-bond donors (Lipinski definition) is 1. The first-order chi connectivity index (χ1) is 12.2. The third-order valence-corrected chi connectivity index (χ3v) is 4.49. The van der Waals surface area contributed by atoms with E-state index in [4.69, 9.17) is 9.47 Å². The molecule has 25 heavy (non-hydrogen) atoms. The van der Waals surface area contributed by atoms with E-state index >= 15 is 0 Å². The standard InChI is InChI=1S/C20H24FNO3/c1-24-20-11-15(8-9-19(20)23)12-22(14-17-6-4-10-25-17)13-16-5-2-3-7-18(16)21/h2-3,5,7-9,11,17,23H,4,6,10,12-14H2,1H3. The van der Waals surface area contributed by atoms with Crippen molar-refractivity contribution in [3.05, 3.63) is 59.4 Å². The average molecular weight is 345 g/mol. The summed E-state index contributed by atoms with van der Waals surface area (Å²) in [6.07, 6.45) is 2.29. The van der Waals surface area contributed by atoms with Gasteiger partial charge in [-0.1, -0.05) is 24.3 Å². The van der Waals surface area contributed by atoms with E-state index in [1.807, 2.05) is 24.3 Å². The predicted octanol–water partition coefficient (Wildman–Crippen LogP) is 3.72. The molecule has 0 radical (unpaired) electrons. The molecule has 0 spiro atoms. The topological polar surface area (TPSA) is 41.9 Å². The molecule has 0 aromatic heterocycles. The third kappa shape index (κ3) is 4.71. The fourth-order valence-electron chi connectivity index (χ4n) is 3.21. The van der Waals surface area contributed by atoms with Gasteiger partial charge in [-0.2, -0.15) is 0 Å². The zero-order chi connectivity index (χ0) is 17.6. The normalized spacial score (nSPS) is 17.2. The highest BCUT2D eigenvalue weighted by Gasteiger charge is 2.20. The predicted molar refractivity (Wildman–Crippen MR) is 94.1 cm³/mol. The average Bonchev–Trinajstić information content (AvgIpc) is 3.11. The van der Waals surface area contributed by atoms with E-state index in [0.29, 0.717) is 24.4 Å². The van der Waals surface area contributed by atoms with Crippen molar-refractivity contribution in [1.29, 1.82) is 0 Å². The number of ether oxygens (including phenoxy) is 2. The Morgan fingerprint density at radius 2 is 2.08 bits per heavy atom. The summed E-state index contributed by atoms with van der Waals surface area (Å²) < 4.78 is 25.0. The maximum absolute atomic E-state index is 14.1. The summed E-state index contributed by atoms with van der Waals surface area (Å²) in [7, 11) is 1.53. The Kier molecular flexibility index (Phi) is 5.89. The van der Waals surface area contributed by atoms with Crippen LogP contribution in [0.5, 0.6) is 11.5 Å². The summed E-state index contributed by atoms with van der Waals surface area (Å²) in [6, 6.07) is 12.2. The number of nitrogens with zero attached hydrogens (tertiary/aromatic N) is 1. The number of halogens is 1. The van der Waals surface area contributed by atoms with Crippen LogP contribution in [-0.2, 0) is 17.8 Å². The van der Waals surface area contributed by atoms with Gasteiger partial charge in [-0.15, -0.1) is 0 Å². The van der Waals surface area contributed by atoms with Gasteiger partial charge in [0.25, 0.3) is 0 Å². The summed E-state index contributed by atoms with van der Waals surface area (Å²) in [6.45, 7) is 2.68. The minimum absolute atomic E-state index is 0.117. The van der Waals surface area contributed by atoms with E-state index in [1.54, 1.807) is 12.1 Å². The lowest BCUT2D eigenvalue weighted by molar-refractivity contribution is 0.0675. The molecule has 3 rings (SSSR count). The lowest BCUT2D eigenvalue weighted by atomic mass is 10.1. The van der Waals surface area contributed by atoms with Crippen molar-refractivity contribution in [2.24, 2.45) is 0 Å². The molecule has 134 valence electrons. The number of aromatic hydroxyl groups is 1. The molecule has 5 heteroatoms. The highest BCUT2D eigenvalue weighted by molar-refractivity contribution is 5.41. The Labute approximate surface area is 147 Å². The summed E-state index contributed by atoms with van der Waals surface area (Å²) in [5, 5.41) is 9.76. The van der Waals surface area contributed by atoms with Crippen molar-refractivity contribution in [2.75, 3.05) is 20.3 Å². The van der Waals surface area contributed by atoms with Crippen LogP contribution < -0.4 is 4.74 Å². The Balaban J connectivity index is 1.76. The highest BCUT2D eigenvalue weighted by Crippen LogP contribution is 2.27. The molecule has 1 saturated heterocycles. The lowest BCUT2D eigenvalue weighted by Gasteiger charge is -2.26. The van der Waals surface area contributed by atoms with Gasteiger partial charge < -0.3 is 14.6 Å². The van der Waals surface area contributed by atoms with E-state index in [9.17, 15) is 9.50 Å². The molecule has 0 aliphatic carbocycles. The van der Waals surface area contributed by atoms with Gasteiger partial charge in [0.15, 0.2) is 11.5 Å². The van der Waals surface area contributed by atoms with Crippen LogP contribution in [0, 0.1) is 5.82 Å².